The minimum atomic E-state index is 0.780. The summed E-state index contributed by atoms with van der Waals surface area (Å²) >= 11 is 3.38. The maximum atomic E-state index is 4.42. The highest BCUT2D eigenvalue weighted by molar-refractivity contribution is 9.10. The topological polar surface area (TPSA) is 25.8 Å². The Morgan fingerprint density at radius 1 is 1.07 bits per heavy atom. The fourth-order valence-electron chi connectivity index (χ4n) is 1.53. The van der Waals surface area contributed by atoms with Crippen molar-refractivity contribution in [2.75, 3.05) is 0 Å². The highest BCUT2D eigenvalue weighted by Crippen LogP contribution is 2.23. The number of hydrogen-bond acceptors (Lipinski definition) is 2. The predicted molar refractivity (Wildman–Crippen MR) is 64.6 cm³/mol. The largest absolute Gasteiger partial charge is 0.233 e. The van der Waals surface area contributed by atoms with Crippen LogP contribution in [0.15, 0.2) is 34.9 Å². The SMILES string of the molecule is Cc1nc(Br)cc(-c2ccccc2C)n1. The van der Waals surface area contributed by atoms with Crippen LogP contribution in [0.25, 0.3) is 11.3 Å². The minimum Gasteiger partial charge on any atom is -0.233 e. The summed E-state index contributed by atoms with van der Waals surface area (Å²) in [5.74, 6) is 0.780. The molecule has 0 aliphatic rings. The first-order valence-corrected chi connectivity index (χ1v) is 5.53. The summed E-state index contributed by atoms with van der Waals surface area (Å²) in [6.07, 6.45) is 0. The smallest absolute Gasteiger partial charge is 0.127 e. The van der Waals surface area contributed by atoms with E-state index in [2.05, 4.69) is 45.0 Å². The average Bonchev–Trinajstić information content (AvgIpc) is 2.16. The fourth-order valence-corrected chi connectivity index (χ4v) is 2.00. The third-order valence-corrected chi connectivity index (χ3v) is 2.63. The van der Waals surface area contributed by atoms with Gasteiger partial charge in [-0.1, -0.05) is 24.3 Å². The van der Waals surface area contributed by atoms with Gasteiger partial charge < -0.3 is 0 Å². The Kier molecular flexibility index (Phi) is 2.82. The molecule has 3 heteroatoms. The number of benzene rings is 1. The van der Waals surface area contributed by atoms with Crippen molar-refractivity contribution in [2.24, 2.45) is 0 Å². The van der Waals surface area contributed by atoms with Gasteiger partial charge in [0.15, 0.2) is 0 Å². The van der Waals surface area contributed by atoms with Crippen LogP contribution in [0.4, 0.5) is 0 Å². The van der Waals surface area contributed by atoms with E-state index in [1.165, 1.54) is 5.56 Å². The molecule has 0 radical (unpaired) electrons. The number of halogens is 1. The van der Waals surface area contributed by atoms with E-state index in [4.69, 9.17) is 0 Å². The van der Waals surface area contributed by atoms with Crippen LogP contribution < -0.4 is 0 Å². The number of hydrogen-bond donors (Lipinski definition) is 0. The molecule has 0 aliphatic heterocycles. The molecule has 0 saturated heterocycles. The highest BCUT2D eigenvalue weighted by atomic mass is 79.9. The van der Waals surface area contributed by atoms with E-state index >= 15 is 0 Å². The van der Waals surface area contributed by atoms with Crippen LogP contribution in [0.5, 0.6) is 0 Å². The number of nitrogens with zero attached hydrogens (tertiary/aromatic N) is 2. The third kappa shape index (κ3) is 2.23. The van der Waals surface area contributed by atoms with E-state index in [0.29, 0.717) is 0 Å². The predicted octanol–water partition coefficient (Wildman–Crippen LogP) is 3.52. The zero-order chi connectivity index (χ0) is 10.8. The molecule has 2 rings (SSSR count). The Morgan fingerprint density at radius 3 is 2.47 bits per heavy atom. The van der Waals surface area contributed by atoms with E-state index in [0.717, 1.165) is 21.7 Å². The van der Waals surface area contributed by atoms with Crippen molar-refractivity contribution < 1.29 is 0 Å². The average molecular weight is 263 g/mol. The zero-order valence-electron chi connectivity index (χ0n) is 8.66. The van der Waals surface area contributed by atoms with E-state index in [-0.39, 0.29) is 0 Å². The number of aryl methyl sites for hydroxylation is 2. The molecule has 76 valence electrons. The van der Waals surface area contributed by atoms with Crippen LogP contribution in [0.3, 0.4) is 0 Å². The molecule has 2 nitrogen and oxygen atoms in total. The molecule has 0 atom stereocenters. The number of rotatable bonds is 1. The fraction of sp³-hybridized carbons (Fsp3) is 0.167. The molecule has 1 aromatic heterocycles. The third-order valence-electron chi connectivity index (χ3n) is 2.23. The maximum absolute atomic E-state index is 4.42. The lowest BCUT2D eigenvalue weighted by Gasteiger charge is -2.05. The van der Waals surface area contributed by atoms with Crippen LogP contribution >= 0.6 is 15.9 Å². The van der Waals surface area contributed by atoms with E-state index < -0.39 is 0 Å². The van der Waals surface area contributed by atoms with Crippen LogP contribution in [0, 0.1) is 13.8 Å². The monoisotopic (exact) mass is 262 g/mol. The summed E-state index contributed by atoms with van der Waals surface area (Å²) < 4.78 is 0.827. The van der Waals surface area contributed by atoms with Gasteiger partial charge in [-0.3, -0.25) is 0 Å². The zero-order valence-corrected chi connectivity index (χ0v) is 10.2. The second-order valence-electron chi connectivity index (χ2n) is 3.44. The molecule has 0 N–H and O–H groups in total. The second-order valence-corrected chi connectivity index (χ2v) is 4.25. The van der Waals surface area contributed by atoms with Gasteiger partial charge in [0.2, 0.25) is 0 Å². The molecule has 2 aromatic rings. The van der Waals surface area contributed by atoms with Gasteiger partial charge in [0, 0.05) is 5.56 Å². The standard InChI is InChI=1S/C12H11BrN2/c1-8-5-3-4-6-10(8)11-7-12(13)15-9(2)14-11/h3-7H,1-2H3. The lowest BCUT2D eigenvalue weighted by atomic mass is 10.1. The maximum Gasteiger partial charge on any atom is 0.127 e. The molecule has 0 spiro atoms. The van der Waals surface area contributed by atoms with Gasteiger partial charge in [0.1, 0.15) is 10.4 Å². The van der Waals surface area contributed by atoms with E-state index in [9.17, 15) is 0 Å². The van der Waals surface area contributed by atoms with Crippen LogP contribution in [0.2, 0.25) is 0 Å². The van der Waals surface area contributed by atoms with Gasteiger partial charge in [-0.2, -0.15) is 0 Å². The number of aromatic nitrogens is 2. The molecule has 0 amide bonds. The molecule has 0 bridgehead atoms. The van der Waals surface area contributed by atoms with Crippen molar-refractivity contribution in [3.63, 3.8) is 0 Å². The van der Waals surface area contributed by atoms with Gasteiger partial charge >= 0.3 is 0 Å². The molecular formula is C12H11BrN2. The molecule has 15 heavy (non-hydrogen) atoms. The summed E-state index contributed by atoms with van der Waals surface area (Å²) in [6.45, 7) is 3.98. The first-order valence-electron chi connectivity index (χ1n) is 4.74. The molecule has 0 fully saturated rings. The van der Waals surface area contributed by atoms with E-state index in [1.54, 1.807) is 0 Å². The molecule has 1 heterocycles. The van der Waals surface area contributed by atoms with Gasteiger partial charge in [0.05, 0.1) is 5.69 Å². The molecule has 0 aliphatic carbocycles. The van der Waals surface area contributed by atoms with Crippen molar-refractivity contribution in [1.82, 2.24) is 9.97 Å². The van der Waals surface area contributed by atoms with Gasteiger partial charge in [-0.05, 0) is 41.4 Å². The van der Waals surface area contributed by atoms with Crippen molar-refractivity contribution in [2.45, 2.75) is 13.8 Å². The lowest BCUT2D eigenvalue weighted by molar-refractivity contribution is 1.04. The van der Waals surface area contributed by atoms with Crippen LogP contribution in [-0.2, 0) is 0 Å². The van der Waals surface area contributed by atoms with Gasteiger partial charge in [-0.15, -0.1) is 0 Å². The highest BCUT2D eigenvalue weighted by Gasteiger charge is 2.04. The summed E-state index contributed by atoms with van der Waals surface area (Å²) in [5, 5.41) is 0. The van der Waals surface area contributed by atoms with Crippen molar-refractivity contribution >= 4 is 15.9 Å². The van der Waals surface area contributed by atoms with Crippen LogP contribution in [-0.4, -0.2) is 9.97 Å². The first kappa shape index (κ1) is 10.3. The Hall–Kier alpha value is -1.22. The van der Waals surface area contributed by atoms with Crippen molar-refractivity contribution in [3.05, 3.63) is 46.3 Å². The first-order chi connectivity index (χ1) is 7.16. The molecule has 0 saturated carbocycles. The van der Waals surface area contributed by atoms with Crippen molar-refractivity contribution in [3.8, 4) is 11.3 Å². The normalized spacial score (nSPS) is 10.3. The summed E-state index contributed by atoms with van der Waals surface area (Å²) in [6, 6.07) is 10.1. The summed E-state index contributed by atoms with van der Waals surface area (Å²) in [7, 11) is 0. The second kappa shape index (κ2) is 4.11. The summed E-state index contributed by atoms with van der Waals surface area (Å²) in [5.41, 5.74) is 3.35. The molecule has 1 aromatic carbocycles. The Balaban J connectivity index is 2.59. The molecular weight excluding hydrogens is 252 g/mol. The lowest BCUT2D eigenvalue weighted by Crippen LogP contribution is -1.93. The summed E-state index contributed by atoms with van der Waals surface area (Å²) in [4.78, 5) is 8.62. The van der Waals surface area contributed by atoms with Gasteiger partial charge in [-0.25, -0.2) is 9.97 Å². The van der Waals surface area contributed by atoms with E-state index in [1.807, 2.05) is 25.1 Å². The Labute approximate surface area is 97.5 Å². The molecule has 0 unspecified atom stereocenters. The quantitative estimate of drug-likeness (QED) is 0.735. The minimum absolute atomic E-state index is 0.780. The van der Waals surface area contributed by atoms with Crippen molar-refractivity contribution in [1.29, 1.82) is 0 Å². The Bertz CT molecular complexity index is 474. The Morgan fingerprint density at radius 2 is 1.80 bits per heavy atom. The van der Waals surface area contributed by atoms with Crippen LogP contribution in [0.1, 0.15) is 11.4 Å². The van der Waals surface area contributed by atoms with Gasteiger partial charge in [0.25, 0.3) is 0 Å².